The van der Waals surface area contributed by atoms with Crippen LogP contribution in [0.15, 0.2) is 12.4 Å². The molecular weight excluding hydrogens is 266 g/mol. The lowest BCUT2D eigenvalue weighted by atomic mass is 9.93. The van der Waals surface area contributed by atoms with Gasteiger partial charge < -0.3 is 9.64 Å². The number of piperidine rings is 1. The Morgan fingerprint density at radius 2 is 2.05 bits per heavy atom. The molecule has 1 saturated heterocycles. The summed E-state index contributed by atoms with van der Waals surface area (Å²) < 4.78 is 5.83. The lowest BCUT2D eigenvalue weighted by molar-refractivity contribution is -0.142. The molecule has 5 nitrogen and oxygen atoms in total. The molecule has 2 rings (SSSR count). The fourth-order valence-corrected chi connectivity index (χ4v) is 2.43. The summed E-state index contributed by atoms with van der Waals surface area (Å²) in [5, 5.41) is 0. The van der Waals surface area contributed by atoms with Crippen molar-refractivity contribution in [2.45, 2.75) is 53.1 Å². The molecule has 0 bridgehead atoms. The standard InChI is InChI=1S/C16H25N3O2/c1-5-12-9-17-15(18-10-12)21-13-7-6-8-19(11-13)14(20)16(2,3)4/h9-10,13H,5-8,11H2,1-4H3. The second-order valence-corrected chi connectivity index (χ2v) is 6.61. The summed E-state index contributed by atoms with van der Waals surface area (Å²) in [6.45, 7) is 9.35. The Bertz CT molecular complexity index is 479. The number of hydrogen-bond donors (Lipinski definition) is 0. The van der Waals surface area contributed by atoms with E-state index < -0.39 is 0 Å². The van der Waals surface area contributed by atoms with Crippen molar-refractivity contribution in [1.82, 2.24) is 14.9 Å². The summed E-state index contributed by atoms with van der Waals surface area (Å²) >= 11 is 0. The van der Waals surface area contributed by atoms with E-state index in [-0.39, 0.29) is 17.4 Å². The van der Waals surface area contributed by atoms with Crippen LogP contribution >= 0.6 is 0 Å². The van der Waals surface area contributed by atoms with Gasteiger partial charge in [0.05, 0.1) is 6.54 Å². The van der Waals surface area contributed by atoms with Gasteiger partial charge in [-0.1, -0.05) is 27.7 Å². The number of rotatable bonds is 3. The minimum Gasteiger partial charge on any atom is -0.458 e. The number of amides is 1. The van der Waals surface area contributed by atoms with Gasteiger partial charge in [0.2, 0.25) is 5.91 Å². The van der Waals surface area contributed by atoms with Gasteiger partial charge in [-0.25, -0.2) is 9.97 Å². The van der Waals surface area contributed by atoms with Crippen molar-refractivity contribution in [3.05, 3.63) is 18.0 Å². The Balaban J connectivity index is 1.96. The van der Waals surface area contributed by atoms with Crippen LogP contribution in [-0.4, -0.2) is 40.0 Å². The number of aromatic nitrogens is 2. The number of carbonyl (C=O) groups excluding carboxylic acids is 1. The van der Waals surface area contributed by atoms with Gasteiger partial charge in [0.25, 0.3) is 0 Å². The van der Waals surface area contributed by atoms with Crippen molar-refractivity contribution in [2.24, 2.45) is 5.41 Å². The van der Waals surface area contributed by atoms with E-state index in [4.69, 9.17) is 4.74 Å². The molecule has 0 saturated carbocycles. The molecule has 1 aromatic heterocycles. The molecule has 0 N–H and O–H groups in total. The zero-order chi connectivity index (χ0) is 15.5. The number of ether oxygens (including phenoxy) is 1. The Kier molecular flexibility index (Phi) is 4.80. The number of aryl methyl sites for hydroxylation is 1. The summed E-state index contributed by atoms with van der Waals surface area (Å²) in [5.41, 5.74) is 0.747. The van der Waals surface area contributed by atoms with E-state index >= 15 is 0 Å². The number of nitrogens with zero attached hydrogens (tertiary/aromatic N) is 3. The summed E-state index contributed by atoms with van der Waals surface area (Å²) in [7, 11) is 0. The molecular formula is C16H25N3O2. The number of carbonyl (C=O) groups is 1. The Morgan fingerprint density at radius 3 is 2.62 bits per heavy atom. The second kappa shape index (κ2) is 6.41. The normalized spacial score (nSPS) is 19.4. The van der Waals surface area contributed by atoms with E-state index in [0.29, 0.717) is 12.6 Å². The third-order valence-corrected chi connectivity index (χ3v) is 3.67. The summed E-state index contributed by atoms with van der Waals surface area (Å²) in [6, 6.07) is 0.405. The van der Waals surface area contributed by atoms with Crippen molar-refractivity contribution in [3.63, 3.8) is 0 Å². The van der Waals surface area contributed by atoms with E-state index in [2.05, 4.69) is 16.9 Å². The lowest BCUT2D eigenvalue weighted by Gasteiger charge is -2.36. The number of likely N-dealkylation sites (tertiary alicyclic amines) is 1. The largest absolute Gasteiger partial charge is 0.458 e. The van der Waals surface area contributed by atoms with Crippen LogP contribution in [0.25, 0.3) is 0 Å². The first kappa shape index (κ1) is 15.7. The zero-order valence-electron chi connectivity index (χ0n) is 13.4. The highest BCUT2D eigenvalue weighted by Crippen LogP contribution is 2.22. The van der Waals surface area contributed by atoms with Gasteiger partial charge in [0.15, 0.2) is 0 Å². The van der Waals surface area contributed by atoms with Crippen molar-refractivity contribution in [2.75, 3.05) is 13.1 Å². The van der Waals surface area contributed by atoms with Crippen molar-refractivity contribution < 1.29 is 9.53 Å². The molecule has 1 unspecified atom stereocenters. The third-order valence-electron chi connectivity index (χ3n) is 3.67. The van der Waals surface area contributed by atoms with Gasteiger partial charge >= 0.3 is 6.01 Å². The van der Waals surface area contributed by atoms with Crippen molar-refractivity contribution in [3.8, 4) is 6.01 Å². The molecule has 1 aromatic rings. The topological polar surface area (TPSA) is 55.3 Å². The highest BCUT2D eigenvalue weighted by atomic mass is 16.5. The van der Waals surface area contributed by atoms with Crippen molar-refractivity contribution >= 4 is 5.91 Å². The average molecular weight is 291 g/mol. The first-order valence-corrected chi connectivity index (χ1v) is 7.67. The Morgan fingerprint density at radius 1 is 1.38 bits per heavy atom. The zero-order valence-corrected chi connectivity index (χ0v) is 13.4. The van der Waals surface area contributed by atoms with Gasteiger partial charge in [0.1, 0.15) is 6.10 Å². The maximum Gasteiger partial charge on any atom is 0.316 e. The summed E-state index contributed by atoms with van der Waals surface area (Å²) in [6.07, 6.45) is 6.38. The first-order chi connectivity index (χ1) is 9.90. The SMILES string of the molecule is CCc1cnc(OC2CCCN(C(=O)C(C)(C)C)C2)nc1. The Hall–Kier alpha value is -1.65. The smallest absolute Gasteiger partial charge is 0.316 e. The highest BCUT2D eigenvalue weighted by Gasteiger charge is 2.31. The van der Waals surface area contributed by atoms with Crippen molar-refractivity contribution in [1.29, 1.82) is 0 Å². The minimum absolute atomic E-state index is 0.0162. The van der Waals surface area contributed by atoms with E-state index in [0.717, 1.165) is 31.4 Å². The molecule has 5 heteroatoms. The molecule has 0 spiro atoms. The predicted molar refractivity (Wildman–Crippen MR) is 81.1 cm³/mol. The lowest BCUT2D eigenvalue weighted by Crippen LogP contribution is -2.48. The quantitative estimate of drug-likeness (QED) is 0.858. The maximum absolute atomic E-state index is 12.3. The summed E-state index contributed by atoms with van der Waals surface area (Å²) in [4.78, 5) is 22.7. The van der Waals surface area contributed by atoms with E-state index in [1.165, 1.54) is 0 Å². The molecule has 1 aliphatic heterocycles. The molecule has 116 valence electrons. The monoisotopic (exact) mass is 291 g/mol. The van der Waals surface area contributed by atoms with Crippen LogP contribution in [0.1, 0.15) is 46.1 Å². The van der Waals surface area contributed by atoms with E-state index in [1.807, 2.05) is 25.7 Å². The van der Waals surface area contributed by atoms with E-state index in [1.54, 1.807) is 12.4 Å². The Labute approximate surface area is 126 Å². The molecule has 0 aliphatic carbocycles. The fraction of sp³-hybridized carbons (Fsp3) is 0.688. The van der Waals surface area contributed by atoms with Crippen LogP contribution < -0.4 is 4.74 Å². The molecule has 1 atom stereocenters. The van der Waals surface area contributed by atoms with Gasteiger partial charge in [-0.3, -0.25) is 4.79 Å². The maximum atomic E-state index is 12.3. The first-order valence-electron chi connectivity index (χ1n) is 7.67. The minimum atomic E-state index is -0.346. The van der Waals surface area contributed by atoms with Crippen LogP contribution in [-0.2, 0) is 11.2 Å². The molecule has 1 aliphatic rings. The average Bonchev–Trinajstić information content (AvgIpc) is 2.46. The van der Waals surface area contributed by atoms with Gasteiger partial charge in [-0.15, -0.1) is 0 Å². The third kappa shape index (κ3) is 4.16. The van der Waals surface area contributed by atoms with Gasteiger partial charge in [-0.05, 0) is 24.8 Å². The van der Waals surface area contributed by atoms with Crippen LogP contribution in [0.2, 0.25) is 0 Å². The molecule has 2 heterocycles. The molecule has 1 fully saturated rings. The second-order valence-electron chi connectivity index (χ2n) is 6.61. The highest BCUT2D eigenvalue weighted by molar-refractivity contribution is 5.81. The fourth-order valence-electron chi connectivity index (χ4n) is 2.43. The molecule has 21 heavy (non-hydrogen) atoms. The molecule has 1 amide bonds. The van der Waals surface area contributed by atoms with Crippen LogP contribution in [0.4, 0.5) is 0 Å². The van der Waals surface area contributed by atoms with Crippen LogP contribution in [0, 0.1) is 5.41 Å². The molecule has 0 aromatic carbocycles. The number of hydrogen-bond acceptors (Lipinski definition) is 4. The molecule has 0 radical (unpaired) electrons. The summed E-state index contributed by atoms with van der Waals surface area (Å²) in [5.74, 6) is 0.179. The van der Waals surface area contributed by atoms with E-state index in [9.17, 15) is 4.79 Å². The van der Waals surface area contributed by atoms with Crippen LogP contribution in [0.3, 0.4) is 0 Å². The van der Waals surface area contributed by atoms with Gasteiger partial charge in [0, 0.05) is 24.4 Å². The van der Waals surface area contributed by atoms with Crippen LogP contribution in [0.5, 0.6) is 6.01 Å². The van der Waals surface area contributed by atoms with Gasteiger partial charge in [-0.2, -0.15) is 0 Å². The predicted octanol–water partition coefficient (Wildman–Crippen LogP) is 2.45.